The van der Waals surface area contributed by atoms with Crippen molar-refractivity contribution in [2.24, 2.45) is 0 Å². The maximum Gasteiger partial charge on any atom is 0.0551 e. The number of benzene rings is 1. The molecule has 1 heterocycles. The molecule has 0 radical (unpaired) electrons. The molecule has 17 heavy (non-hydrogen) atoms. The number of nitrogens with one attached hydrogen (secondary N) is 1. The van der Waals surface area contributed by atoms with Gasteiger partial charge in [-0.1, -0.05) is 23.7 Å². The first-order valence-electron chi connectivity index (χ1n) is 5.37. The molecule has 2 aromatic rings. The summed E-state index contributed by atoms with van der Waals surface area (Å²) in [7, 11) is 0. The van der Waals surface area contributed by atoms with Gasteiger partial charge in [-0.05, 0) is 52.0 Å². The molecule has 2 rings (SSSR count). The van der Waals surface area contributed by atoms with Crippen LogP contribution in [0.5, 0.6) is 0 Å². The molecule has 90 valence electrons. The number of hydrogen-bond donors (Lipinski definition) is 1. The second-order valence-electron chi connectivity index (χ2n) is 3.87. The first kappa shape index (κ1) is 13.1. The smallest absolute Gasteiger partial charge is 0.0551 e. The molecule has 1 nitrogen and oxygen atoms in total. The monoisotopic (exact) mass is 329 g/mol. The molecule has 1 N–H and O–H groups in total. The fraction of sp³-hybridized carbons (Fsp3) is 0.231. The van der Waals surface area contributed by atoms with Gasteiger partial charge in [-0.15, -0.1) is 11.3 Å². The van der Waals surface area contributed by atoms with Crippen LogP contribution in [0.2, 0.25) is 5.02 Å². The first-order valence-corrected chi connectivity index (χ1v) is 7.42. The Morgan fingerprint density at radius 1 is 1.41 bits per heavy atom. The third-order valence-corrected chi connectivity index (χ3v) is 4.85. The minimum Gasteiger partial charge on any atom is -0.305 e. The van der Waals surface area contributed by atoms with Crippen LogP contribution in [0.4, 0.5) is 0 Å². The zero-order chi connectivity index (χ0) is 12.3. The topological polar surface area (TPSA) is 12.0 Å². The van der Waals surface area contributed by atoms with E-state index in [0.29, 0.717) is 6.04 Å². The van der Waals surface area contributed by atoms with Crippen LogP contribution in [-0.2, 0) is 6.54 Å². The quantitative estimate of drug-likeness (QED) is 0.830. The van der Waals surface area contributed by atoms with E-state index >= 15 is 0 Å². The van der Waals surface area contributed by atoms with Crippen molar-refractivity contribution in [1.29, 1.82) is 0 Å². The molecule has 1 aromatic carbocycles. The molecule has 0 aliphatic rings. The van der Waals surface area contributed by atoms with E-state index in [9.17, 15) is 0 Å². The summed E-state index contributed by atoms with van der Waals surface area (Å²) < 4.78 is 0.939. The lowest BCUT2D eigenvalue weighted by Crippen LogP contribution is -2.17. The molecular weight excluding hydrogens is 318 g/mol. The third kappa shape index (κ3) is 3.55. The van der Waals surface area contributed by atoms with Gasteiger partial charge in [-0.25, -0.2) is 0 Å². The van der Waals surface area contributed by atoms with Gasteiger partial charge in [0, 0.05) is 21.9 Å². The van der Waals surface area contributed by atoms with Crippen LogP contribution < -0.4 is 5.32 Å². The molecule has 0 amide bonds. The van der Waals surface area contributed by atoms with Crippen LogP contribution in [0.25, 0.3) is 0 Å². The van der Waals surface area contributed by atoms with Gasteiger partial charge in [0.05, 0.1) is 5.02 Å². The van der Waals surface area contributed by atoms with Crippen molar-refractivity contribution in [1.82, 2.24) is 5.32 Å². The summed E-state index contributed by atoms with van der Waals surface area (Å²) in [5, 5.41) is 6.34. The maximum atomic E-state index is 6.06. The molecule has 0 aliphatic carbocycles. The minimum atomic E-state index is 0.373. The summed E-state index contributed by atoms with van der Waals surface area (Å²) in [4.78, 5) is 1.35. The van der Waals surface area contributed by atoms with Crippen molar-refractivity contribution in [3.8, 4) is 0 Å². The Labute approximate surface area is 119 Å². The van der Waals surface area contributed by atoms with Crippen molar-refractivity contribution in [2.75, 3.05) is 0 Å². The summed E-state index contributed by atoms with van der Waals surface area (Å²) >= 11 is 11.2. The zero-order valence-electron chi connectivity index (χ0n) is 9.41. The third-order valence-electron chi connectivity index (χ3n) is 2.57. The highest BCUT2D eigenvalue weighted by Gasteiger charge is 2.06. The lowest BCUT2D eigenvalue weighted by molar-refractivity contribution is 0.583. The molecule has 0 spiro atoms. The fourth-order valence-corrected chi connectivity index (χ4v) is 2.77. The second kappa shape index (κ2) is 6.01. The molecule has 0 fully saturated rings. The van der Waals surface area contributed by atoms with Crippen molar-refractivity contribution >= 4 is 38.9 Å². The summed E-state index contributed by atoms with van der Waals surface area (Å²) in [6.45, 7) is 3.00. The van der Waals surface area contributed by atoms with Gasteiger partial charge in [0.15, 0.2) is 0 Å². The van der Waals surface area contributed by atoms with Gasteiger partial charge in [0.25, 0.3) is 0 Å². The van der Waals surface area contributed by atoms with Crippen LogP contribution in [-0.4, -0.2) is 0 Å². The summed E-state index contributed by atoms with van der Waals surface area (Å²) in [6, 6.07) is 10.6. The molecule has 4 heteroatoms. The van der Waals surface area contributed by atoms with Crippen LogP contribution in [0, 0.1) is 0 Å². The van der Waals surface area contributed by atoms with E-state index in [1.165, 1.54) is 10.4 Å². The standard InChI is InChI=1S/C13H13BrClNS/c1-9(13-3-2-6-17-13)16-8-10-4-5-11(14)12(15)7-10/h2-7,9,16H,8H2,1H3/t9-/m1/s1. The van der Waals surface area contributed by atoms with Crippen LogP contribution in [0.15, 0.2) is 40.2 Å². The number of hydrogen-bond acceptors (Lipinski definition) is 2. The van der Waals surface area contributed by atoms with E-state index in [1.54, 1.807) is 11.3 Å². The van der Waals surface area contributed by atoms with Crippen molar-refractivity contribution in [2.45, 2.75) is 19.5 Å². The van der Waals surface area contributed by atoms with Gasteiger partial charge in [-0.3, -0.25) is 0 Å². The van der Waals surface area contributed by atoms with E-state index in [2.05, 4.69) is 51.7 Å². The van der Waals surface area contributed by atoms with Gasteiger partial charge >= 0.3 is 0 Å². The van der Waals surface area contributed by atoms with Gasteiger partial charge in [-0.2, -0.15) is 0 Å². The Bertz CT molecular complexity index is 484. The summed E-state index contributed by atoms with van der Waals surface area (Å²) in [5.74, 6) is 0. The van der Waals surface area contributed by atoms with Crippen molar-refractivity contribution in [3.63, 3.8) is 0 Å². The first-order chi connectivity index (χ1) is 8.16. The number of halogens is 2. The Kier molecular flexibility index (Phi) is 4.62. The SMILES string of the molecule is C[C@@H](NCc1ccc(Br)c(Cl)c1)c1cccs1. The largest absolute Gasteiger partial charge is 0.305 e. The lowest BCUT2D eigenvalue weighted by Gasteiger charge is -2.12. The Balaban J connectivity index is 1.96. The van der Waals surface area contributed by atoms with Crippen LogP contribution in [0.3, 0.4) is 0 Å². The van der Waals surface area contributed by atoms with Gasteiger partial charge in [0.1, 0.15) is 0 Å². The second-order valence-corrected chi connectivity index (χ2v) is 6.11. The molecule has 0 saturated heterocycles. The molecule has 1 atom stereocenters. The highest BCUT2D eigenvalue weighted by atomic mass is 79.9. The lowest BCUT2D eigenvalue weighted by atomic mass is 10.2. The average Bonchev–Trinajstić information content (AvgIpc) is 2.84. The molecule has 0 bridgehead atoms. The zero-order valence-corrected chi connectivity index (χ0v) is 12.6. The van der Waals surface area contributed by atoms with Crippen molar-refractivity contribution in [3.05, 3.63) is 55.6 Å². The highest BCUT2D eigenvalue weighted by Crippen LogP contribution is 2.24. The van der Waals surface area contributed by atoms with E-state index in [4.69, 9.17) is 11.6 Å². The predicted molar refractivity (Wildman–Crippen MR) is 78.7 cm³/mol. The number of thiophene rings is 1. The van der Waals surface area contributed by atoms with Gasteiger partial charge in [0.2, 0.25) is 0 Å². The molecule has 0 unspecified atom stereocenters. The van der Waals surface area contributed by atoms with E-state index in [0.717, 1.165) is 16.0 Å². The van der Waals surface area contributed by atoms with E-state index < -0.39 is 0 Å². The Hall–Kier alpha value is -0.350. The number of rotatable bonds is 4. The predicted octanol–water partition coefficient (Wildman–Crippen LogP) is 5.01. The van der Waals surface area contributed by atoms with Crippen LogP contribution >= 0.6 is 38.9 Å². The molecule has 0 aliphatic heterocycles. The van der Waals surface area contributed by atoms with Gasteiger partial charge < -0.3 is 5.32 Å². The van der Waals surface area contributed by atoms with Crippen LogP contribution in [0.1, 0.15) is 23.4 Å². The minimum absolute atomic E-state index is 0.373. The normalized spacial score (nSPS) is 12.6. The molecule has 0 saturated carbocycles. The fourth-order valence-electron chi connectivity index (χ4n) is 1.56. The Morgan fingerprint density at radius 3 is 2.88 bits per heavy atom. The van der Waals surface area contributed by atoms with E-state index in [1.807, 2.05) is 12.1 Å². The Morgan fingerprint density at radius 2 is 2.24 bits per heavy atom. The average molecular weight is 331 g/mol. The maximum absolute atomic E-state index is 6.06. The summed E-state index contributed by atoms with van der Waals surface area (Å²) in [5.41, 5.74) is 1.20. The molecular formula is C13H13BrClNS. The van der Waals surface area contributed by atoms with E-state index in [-0.39, 0.29) is 0 Å². The highest BCUT2D eigenvalue weighted by molar-refractivity contribution is 9.10. The summed E-state index contributed by atoms with van der Waals surface area (Å²) in [6.07, 6.45) is 0. The molecule has 1 aromatic heterocycles. The van der Waals surface area contributed by atoms with Crippen molar-refractivity contribution < 1.29 is 0 Å².